The summed E-state index contributed by atoms with van der Waals surface area (Å²) in [5, 5.41) is 0. The first-order valence-corrected chi connectivity index (χ1v) is 19.1. The summed E-state index contributed by atoms with van der Waals surface area (Å²) in [5.41, 5.74) is 3.54. The Labute approximate surface area is 257 Å². The molecule has 1 nitrogen and oxygen atoms in total. The zero-order chi connectivity index (χ0) is 28.5. The van der Waals surface area contributed by atoms with E-state index in [9.17, 15) is 0 Å². The van der Waals surface area contributed by atoms with Crippen molar-refractivity contribution in [3.8, 4) is 0 Å². The highest BCUT2D eigenvalue weighted by atomic mass is 16.5. The Balaban J connectivity index is 0.896. The van der Waals surface area contributed by atoms with E-state index in [2.05, 4.69) is 26.0 Å². The molecule has 0 radical (unpaired) electrons. The Hall–Kier alpha value is -0.560. The predicted molar refractivity (Wildman–Crippen MR) is 179 cm³/mol. The molecule has 41 heavy (non-hydrogen) atoms. The molecule has 1 heteroatoms. The van der Waals surface area contributed by atoms with Gasteiger partial charge < -0.3 is 4.74 Å². The van der Waals surface area contributed by atoms with Crippen LogP contribution < -0.4 is 0 Å². The van der Waals surface area contributed by atoms with Gasteiger partial charge in [-0.1, -0.05) is 114 Å². The van der Waals surface area contributed by atoms with Gasteiger partial charge in [0.2, 0.25) is 0 Å². The van der Waals surface area contributed by atoms with E-state index in [1.54, 1.807) is 11.1 Å². The van der Waals surface area contributed by atoms with Gasteiger partial charge in [0, 0.05) is 13.2 Å². The van der Waals surface area contributed by atoms with Crippen LogP contribution in [0.15, 0.2) is 23.3 Å². The van der Waals surface area contributed by atoms with E-state index in [0.717, 1.165) is 48.7 Å². The van der Waals surface area contributed by atoms with Crippen molar-refractivity contribution >= 4 is 0 Å². The summed E-state index contributed by atoms with van der Waals surface area (Å²) in [6, 6.07) is 0. The van der Waals surface area contributed by atoms with Crippen molar-refractivity contribution in [3.63, 3.8) is 0 Å². The zero-order valence-electron chi connectivity index (χ0n) is 27.8. The first-order chi connectivity index (χ1) is 20.1. The van der Waals surface area contributed by atoms with Crippen molar-refractivity contribution in [1.29, 1.82) is 0 Å². The van der Waals surface area contributed by atoms with E-state index < -0.39 is 0 Å². The van der Waals surface area contributed by atoms with E-state index in [0.29, 0.717) is 0 Å². The Bertz CT molecular complexity index is 670. The van der Waals surface area contributed by atoms with Gasteiger partial charge in [0.25, 0.3) is 0 Å². The third kappa shape index (κ3) is 13.7. The number of ether oxygens (including phenoxy) is 1. The molecule has 0 heterocycles. The second-order valence-corrected chi connectivity index (χ2v) is 15.6. The molecule has 0 bridgehead atoms. The lowest BCUT2D eigenvalue weighted by molar-refractivity contribution is 0.126. The minimum atomic E-state index is 0.980. The lowest BCUT2D eigenvalue weighted by atomic mass is 9.78. The Morgan fingerprint density at radius 2 is 0.902 bits per heavy atom. The van der Waals surface area contributed by atoms with Gasteiger partial charge >= 0.3 is 0 Å². The van der Waals surface area contributed by atoms with Crippen LogP contribution in [0.25, 0.3) is 0 Å². The molecule has 0 spiro atoms. The van der Waals surface area contributed by atoms with Gasteiger partial charge in [-0.15, -0.1) is 0 Å². The molecule has 0 N–H and O–H groups in total. The van der Waals surface area contributed by atoms with Crippen LogP contribution in [0.1, 0.15) is 181 Å². The van der Waals surface area contributed by atoms with Gasteiger partial charge in [0.1, 0.15) is 0 Å². The molecule has 4 rings (SSSR count). The summed E-state index contributed by atoms with van der Waals surface area (Å²) in [6.07, 6.45) is 42.4. The van der Waals surface area contributed by atoms with Crippen LogP contribution in [-0.2, 0) is 4.74 Å². The molecule has 4 aliphatic carbocycles. The van der Waals surface area contributed by atoms with Crippen LogP contribution in [0.3, 0.4) is 0 Å². The smallest absolute Gasteiger partial charge is 0.0466 e. The molecule has 0 saturated heterocycles. The van der Waals surface area contributed by atoms with Crippen molar-refractivity contribution in [2.75, 3.05) is 13.2 Å². The maximum absolute atomic E-state index is 5.98. The van der Waals surface area contributed by atoms with E-state index >= 15 is 0 Å². The molecule has 2 atom stereocenters. The molecule has 0 aliphatic heterocycles. The van der Waals surface area contributed by atoms with Gasteiger partial charge in [-0.05, 0) is 125 Å². The Morgan fingerprint density at radius 3 is 1.29 bits per heavy atom. The van der Waals surface area contributed by atoms with Gasteiger partial charge in [0.15, 0.2) is 0 Å². The predicted octanol–water partition coefficient (Wildman–Crippen LogP) is 12.8. The highest BCUT2D eigenvalue weighted by molar-refractivity contribution is 5.07. The molecular weight excluding hydrogens is 496 g/mol. The van der Waals surface area contributed by atoms with E-state index in [-0.39, 0.29) is 0 Å². The minimum absolute atomic E-state index is 0.980. The Kier molecular flexibility index (Phi) is 16.0. The number of allylic oxidation sites excluding steroid dienone is 4. The fourth-order valence-corrected chi connectivity index (χ4v) is 8.61. The highest BCUT2D eigenvalue weighted by Crippen LogP contribution is 2.37. The van der Waals surface area contributed by atoms with Crippen LogP contribution in [0.5, 0.6) is 0 Å². The number of hydrogen-bond donors (Lipinski definition) is 0. The SMILES string of the molecule is CC1CCC(CCC2CC=C(CCCCCOCCCCCC3=CCC(CCC4CCC(C)CC4)CC3)CC2)CC1. The molecule has 4 aliphatic rings. The summed E-state index contributed by atoms with van der Waals surface area (Å²) < 4.78 is 5.98. The first-order valence-electron chi connectivity index (χ1n) is 19.1. The molecule has 236 valence electrons. The molecule has 2 fully saturated rings. The maximum Gasteiger partial charge on any atom is 0.0466 e. The minimum Gasteiger partial charge on any atom is -0.381 e. The summed E-state index contributed by atoms with van der Waals surface area (Å²) in [4.78, 5) is 0. The first kappa shape index (κ1) is 33.3. The molecule has 0 amide bonds. The summed E-state index contributed by atoms with van der Waals surface area (Å²) in [5.74, 6) is 6.07. The van der Waals surface area contributed by atoms with Crippen LogP contribution >= 0.6 is 0 Å². The quantitative estimate of drug-likeness (QED) is 0.118. The maximum atomic E-state index is 5.98. The van der Waals surface area contributed by atoms with Crippen molar-refractivity contribution in [3.05, 3.63) is 23.3 Å². The second kappa shape index (κ2) is 19.7. The lowest BCUT2D eigenvalue weighted by Gasteiger charge is -2.28. The van der Waals surface area contributed by atoms with Crippen molar-refractivity contribution in [2.45, 2.75) is 181 Å². The zero-order valence-corrected chi connectivity index (χ0v) is 27.8. The van der Waals surface area contributed by atoms with Crippen LogP contribution in [0, 0.1) is 35.5 Å². The fourth-order valence-electron chi connectivity index (χ4n) is 8.61. The average Bonchev–Trinajstić information content (AvgIpc) is 3.00. The normalized spacial score (nSPS) is 31.1. The van der Waals surface area contributed by atoms with E-state index in [1.165, 1.54) is 167 Å². The third-order valence-electron chi connectivity index (χ3n) is 12.0. The van der Waals surface area contributed by atoms with Crippen LogP contribution in [0.4, 0.5) is 0 Å². The van der Waals surface area contributed by atoms with Gasteiger partial charge in [0.05, 0.1) is 0 Å². The molecule has 2 saturated carbocycles. The summed E-state index contributed by atoms with van der Waals surface area (Å²) in [6.45, 7) is 6.85. The number of rotatable bonds is 18. The van der Waals surface area contributed by atoms with Gasteiger partial charge in [-0.3, -0.25) is 0 Å². The van der Waals surface area contributed by atoms with Crippen molar-refractivity contribution < 1.29 is 4.74 Å². The summed E-state index contributed by atoms with van der Waals surface area (Å²) in [7, 11) is 0. The Morgan fingerprint density at radius 1 is 0.488 bits per heavy atom. The average molecular weight is 567 g/mol. The van der Waals surface area contributed by atoms with Gasteiger partial charge in [-0.2, -0.15) is 0 Å². The van der Waals surface area contributed by atoms with Gasteiger partial charge in [-0.25, -0.2) is 0 Å². The molecular formula is C40H70O. The number of hydrogen-bond acceptors (Lipinski definition) is 1. The number of unbranched alkanes of at least 4 members (excludes halogenated alkanes) is 4. The monoisotopic (exact) mass is 567 g/mol. The molecule has 0 aromatic carbocycles. The standard InChI is InChI=1S/C40H70O/c1-33-11-15-37(16-12-33)27-29-39-23-19-35(20-24-39)9-5-3-7-31-41-32-8-4-6-10-36-21-25-40(26-22-36)30-28-38-17-13-34(2)14-18-38/h19,21,33-34,37-40H,3-18,20,22-32H2,1-2H3. The molecule has 2 unspecified atom stereocenters. The van der Waals surface area contributed by atoms with E-state index in [4.69, 9.17) is 4.74 Å². The van der Waals surface area contributed by atoms with Crippen molar-refractivity contribution in [1.82, 2.24) is 0 Å². The largest absolute Gasteiger partial charge is 0.381 e. The van der Waals surface area contributed by atoms with Crippen LogP contribution in [0.2, 0.25) is 0 Å². The summed E-state index contributed by atoms with van der Waals surface area (Å²) >= 11 is 0. The highest BCUT2D eigenvalue weighted by Gasteiger charge is 2.22. The molecule has 0 aromatic rings. The molecule has 0 aromatic heterocycles. The topological polar surface area (TPSA) is 9.23 Å². The van der Waals surface area contributed by atoms with Crippen molar-refractivity contribution in [2.24, 2.45) is 35.5 Å². The lowest BCUT2D eigenvalue weighted by Crippen LogP contribution is -2.14. The van der Waals surface area contributed by atoms with E-state index in [1.807, 2.05) is 0 Å². The second-order valence-electron chi connectivity index (χ2n) is 15.6. The van der Waals surface area contributed by atoms with Crippen LogP contribution in [-0.4, -0.2) is 13.2 Å². The third-order valence-corrected chi connectivity index (χ3v) is 12.0. The fraction of sp³-hybridized carbons (Fsp3) is 0.900.